The molecule has 0 bridgehead atoms. The molecule has 0 heterocycles. The van der Waals surface area contributed by atoms with Gasteiger partial charge in [0.15, 0.2) is 0 Å². The highest BCUT2D eigenvalue weighted by Gasteiger charge is 2.18. The number of aliphatic hydroxyl groups excluding tert-OH is 2. The highest BCUT2D eigenvalue weighted by molar-refractivity contribution is 5.36. The molecule has 0 fully saturated rings. The van der Waals surface area contributed by atoms with Crippen LogP contribution in [0, 0.1) is 5.82 Å². The maximum Gasteiger partial charge on any atom is 0.123 e. The van der Waals surface area contributed by atoms with Gasteiger partial charge in [-0.3, -0.25) is 0 Å². The minimum Gasteiger partial charge on any atom is -0.496 e. The molecule has 3 nitrogen and oxygen atoms in total. The standard InChI is InChI=1S/C13H19FO3/c1-3-9(6-11(16)8-15)12-7-10(14)4-5-13(12)17-2/h4-5,7,9,11,15-16H,3,6,8H2,1-2H3. The second kappa shape index (κ2) is 6.57. The first-order valence-corrected chi connectivity index (χ1v) is 5.74. The van der Waals surface area contributed by atoms with Gasteiger partial charge in [-0.15, -0.1) is 0 Å². The summed E-state index contributed by atoms with van der Waals surface area (Å²) in [5, 5.41) is 18.3. The van der Waals surface area contributed by atoms with Gasteiger partial charge in [0.25, 0.3) is 0 Å². The lowest BCUT2D eigenvalue weighted by Gasteiger charge is -2.20. The summed E-state index contributed by atoms with van der Waals surface area (Å²) < 4.78 is 18.4. The van der Waals surface area contributed by atoms with Crippen molar-refractivity contribution in [2.45, 2.75) is 31.8 Å². The highest BCUT2D eigenvalue weighted by Crippen LogP contribution is 2.32. The zero-order valence-corrected chi connectivity index (χ0v) is 10.2. The van der Waals surface area contributed by atoms with Crippen molar-refractivity contribution in [3.63, 3.8) is 0 Å². The number of ether oxygens (including phenoxy) is 1. The van der Waals surface area contributed by atoms with Crippen molar-refractivity contribution in [3.05, 3.63) is 29.6 Å². The predicted octanol–water partition coefficient (Wildman–Crippen LogP) is 2.07. The fourth-order valence-electron chi connectivity index (χ4n) is 1.94. The zero-order valence-electron chi connectivity index (χ0n) is 10.2. The summed E-state index contributed by atoms with van der Waals surface area (Å²) in [4.78, 5) is 0. The lowest BCUT2D eigenvalue weighted by atomic mass is 9.90. The van der Waals surface area contributed by atoms with E-state index in [-0.39, 0.29) is 18.3 Å². The second-order valence-corrected chi connectivity index (χ2v) is 4.06. The fraction of sp³-hybridized carbons (Fsp3) is 0.538. The Labute approximate surface area is 101 Å². The summed E-state index contributed by atoms with van der Waals surface area (Å²) in [6.07, 6.45) is 0.358. The van der Waals surface area contributed by atoms with Gasteiger partial charge in [0.1, 0.15) is 11.6 Å². The predicted molar refractivity (Wildman–Crippen MR) is 63.7 cm³/mol. The Bertz CT molecular complexity index is 355. The maximum absolute atomic E-state index is 13.2. The van der Waals surface area contributed by atoms with Crippen molar-refractivity contribution in [2.75, 3.05) is 13.7 Å². The van der Waals surface area contributed by atoms with Crippen LogP contribution in [0.1, 0.15) is 31.2 Å². The Morgan fingerprint density at radius 2 is 2.12 bits per heavy atom. The monoisotopic (exact) mass is 242 g/mol. The quantitative estimate of drug-likeness (QED) is 0.803. The smallest absolute Gasteiger partial charge is 0.123 e. The molecule has 17 heavy (non-hydrogen) atoms. The molecule has 2 N–H and O–H groups in total. The first kappa shape index (κ1) is 13.9. The van der Waals surface area contributed by atoms with Crippen LogP contribution < -0.4 is 4.74 Å². The number of methoxy groups -OCH3 is 1. The summed E-state index contributed by atoms with van der Waals surface area (Å²) in [7, 11) is 1.53. The van der Waals surface area contributed by atoms with Gasteiger partial charge in [0.2, 0.25) is 0 Å². The molecule has 0 aliphatic rings. The molecule has 2 atom stereocenters. The van der Waals surface area contributed by atoms with Crippen LogP contribution in [0.4, 0.5) is 4.39 Å². The van der Waals surface area contributed by atoms with E-state index in [0.29, 0.717) is 12.2 Å². The summed E-state index contributed by atoms with van der Waals surface area (Å²) in [6.45, 7) is 1.67. The molecule has 0 aliphatic carbocycles. The van der Waals surface area contributed by atoms with Crippen LogP contribution in [-0.2, 0) is 0 Å². The third kappa shape index (κ3) is 3.68. The molecule has 0 saturated heterocycles. The molecule has 0 aromatic heterocycles. The first-order valence-electron chi connectivity index (χ1n) is 5.74. The van der Waals surface area contributed by atoms with Gasteiger partial charge in [-0.05, 0) is 37.0 Å². The lowest BCUT2D eigenvalue weighted by molar-refractivity contribution is 0.0815. The van der Waals surface area contributed by atoms with E-state index in [1.54, 1.807) is 6.07 Å². The molecule has 1 aromatic carbocycles. The largest absolute Gasteiger partial charge is 0.496 e. The Hall–Kier alpha value is -1.13. The summed E-state index contributed by atoms with van der Waals surface area (Å²) in [5.74, 6) is 0.268. The molecule has 0 radical (unpaired) electrons. The van der Waals surface area contributed by atoms with Crippen molar-refractivity contribution >= 4 is 0 Å². The Morgan fingerprint density at radius 1 is 1.41 bits per heavy atom. The average Bonchev–Trinajstić information content (AvgIpc) is 2.35. The number of benzene rings is 1. The van der Waals surface area contributed by atoms with Crippen LogP contribution in [-0.4, -0.2) is 30.0 Å². The van der Waals surface area contributed by atoms with E-state index in [2.05, 4.69) is 0 Å². The van der Waals surface area contributed by atoms with Gasteiger partial charge in [-0.25, -0.2) is 4.39 Å². The SMILES string of the molecule is CCC(CC(O)CO)c1cc(F)ccc1OC. The van der Waals surface area contributed by atoms with Crippen LogP contribution in [0.3, 0.4) is 0 Å². The van der Waals surface area contributed by atoms with Crippen molar-refractivity contribution in [2.24, 2.45) is 0 Å². The Kier molecular flexibility index (Phi) is 5.38. The molecule has 1 aromatic rings. The molecule has 0 spiro atoms. The molecule has 96 valence electrons. The van der Waals surface area contributed by atoms with Gasteiger partial charge in [-0.1, -0.05) is 6.92 Å². The van der Waals surface area contributed by atoms with Gasteiger partial charge in [0, 0.05) is 5.56 Å². The Morgan fingerprint density at radius 3 is 2.65 bits per heavy atom. The van der Waals surface area contributed by atoms with Gasteiger partial charge < -0.3 is 14.9 Å². The van der Waals surface area contributed by atoms with E-state index in [1.165, 1.54) is 19.2 Å². The van der Waals surface area contributed by atoms with Crippen molar-refractivity contribution in [1.82, 2.24) is 0 Å². The minimum atomic E-state index is -0.784. The zero-order chi connectivity index (χ0) is 12.8. The van der Waals surface area contributed by atoms with Gasteiger partial charge in [-0.2, -0.15) is 0 Å². The van der Waals surface area contributed by atoms with Gasteiger partial charge >= 0.3 is 0 Å². The number of hydrogen-bond acceptors (Lipinski definition) is 3. The van der Waals surface area contributed by atoms with Crippen LogP contribution >= 0.6 is 0 Å². The van der Waals surface area contributed by atoms with Crippen molar-refractivity contribution in [1.29, 1.82) is 0 Å². The van der Waals surface area contributed by atoms with E-state index in [9.17, 15) is 9.50 Å². The number of rotatable bonds is 6. The molecular weight excluding hydrogens is 223 g/mol. The number of aliphatic hydroxyl groups is 2. The number of halogens is 1. The Balaban J connectivity index is 2.97. The van der Waals surface area contributed by atoms with E-state index in [4.69, 9.17) is 9.84 Å². The van der Waals surface area contributed by atoms with Crippen LogP contribution in [0.2, 0.25) is 0 Å². The molecule has 2 unspecified atom stereocenters. The molecule has 4 heteroatoms. The summed E-state index contributed by atoms with van der Waals surface area (Å²) >= 11 is 0. The molecule has 0 saturated carbocycles. The van der Waals surface area contributed by atoms with E-state index in [1.807, 2.05) is 6.92 Å². The normalized spacial score (nSPS) is 14.4. The molecule has 0 amide bonds. The third-order valence-electron chi connectivity index (χ3n) is 2.89. The highest BCUT2D eigenvalue weighted by atomic mass is 19.1. The minimum absolute atomic E-state index is 0.0252. The first-order chi connectivity index (χ1) is 8.12. The van der Waals surface area contributed by atoms with Crippen molar-refractivity contribution < 1.29 is 19.3 Å². The average molecular weight is 242 g/mol. The summed E-state index contributed by atoms with van der Waals surface area (Å²) in [5.41, 5.74) is 0.738. The second-order valence-electron chi connectivity index (χ2n) is 4.06. The topological polar surface area (TPSA) is 49.7 Å². The number of hydrogen-bond donors (Lipinski definition) is 2. The van der Waals surface area contributed by atoms with E-state index in [0.717, 1.165) is 12.0 Å². The molecule has 1 rings (SSSR count). The van der Waals surface area contributed by atoms with Crippen LogP contribution in [0.25, 0.3) is 0 Å². The lowest BCUT2D eigenvalue weighted by Crippen LogP contribution is -2.16. The van der Waals surface area contributed by atoms with Crippen LogP contribution in [0.5, 0.6) is 5.75 Å². The molecular formula is C13H19FO3. The van der Waals surface area contributed by atoms with E-state index >= 15 is 0 Å². The maximum atomic E-state index is 13.2. The molecule has 0 aliphatic heterocycles. The third-order valence-corrected chi connectivity index (χ3v) is 2.89. The van der Waals surface area contributed by atoms with Crippen molar-refractivity contribution in [3.8, 4) is 5.75 Å². The summed E-state index contributed by atoms with van der Waals surface area (Å²) in [6, 6.07) is 4.35. The van der Waals surface area contributed by atoms with Crippen LogP contribution in [0.15, 0.2) is 18.2 Å². The fourth-order valence-corrected chi connectivity index (χ4v) is 1.94. The van der Waals surface area contributed by atoms with Gasteiger partial charge in [0.05, 0.1) is 19.8 Å². The van der Waals surface area contributed by atoms with E-state index < -0.39 is 6.10 Å².